The molecule has 0 heterocycles. The summed E-state index contributed by atoms with van der Waals surface area (Å²) in [5.74, 6) is 0.584. The summed E-state index contributed by atoms with van der Waals surface area (Å²) < 4.78 is 35.7. The lowest BCUT2D eigenvalue weighted by molar-refractivity contribution is -0.136. The summed E-state index contributed by atoms with van der Waals surface area (Å²) in [6.07, 6.45) is -2.55. The minimum atomic E-state index is -3.98. The van der Waals surface area contributed by atoms with Gasteiger partial charge in [0.15, 0.2) is 0 Å². The maximum absolute atomic E-state index is 11.9. The van der Waals surface area contributed by atoms with Gasteiger partial charge >= 0.3 is 6.18 Å². The summed E-state index contributed by atoms with van der Waals surface area (Å²) in [6, 6.07) is 0. The van der Waals surface area contributed by atoms with E-state index in [1.807, 2.05) is 7.05 Å². The van der Waals surface area contributed by atoms with Crippen LogP contribution in [0.4, 0.5) is 13.2 Å². The summed E-state index contributed by atoms with van der Waals surface area (Å²) >= 11 is 0. The SMILES string of the molecule is CNCC1CC1(C)CCCC(F)(F)F. The molecule has 1 rings (SSSR count). The predicted octanol–water partition coefficient (Wildman–Crippen LogP) is 2.96. The van der Waals surface area contributed by atoms with Crippen molar-refractivity contribution in [2.45, 2.75) is 38.8 Å². The Hall–Kier alpha value is -0.250. The Kier molecular flexibility index (Phi) is 3.45. The van der Waals surface area contributed by atoms with Crippen molar-refractivity contribution in [3.05, 3.63) is 0 Å². The molecule has 2 unspecified atom stereocenters. The molecule has 0 aliphatic heterocycles. The highest BCUT2D eigenvalue weighted by molar-refractivity contribution is 4.99. The van der Waals surface area contributed by atoms with Crippen LogP contribution in [0.5, 0.6) is 0 Å². The molecule has 0 spiro atoms. The van der Waals surface area contributed by atoms with Crippen LogP contribution in [0.3, 0.4) is 0 Å². The number of hydrogen-bond acceptors (Lipinski definition) is 1. The van der Waals surface area contributed by atoms with E-state index in [9.17, 15) is 13.2 Å². The van der Waals surface area contributed by atoms with Gasteiger partial charge in [-0.1, -0.05) is 6.92 Å². The molecular formula is C10H18F3N. The van der Waals surface area contributed by atoms with E-state index in [2.05, 4.69) is 12.2 Å². The van der Waals surface area contributed by atoms with Crippen molar-refractivity contribution in [2.24, 2.45) is 11.3 Å². The summed E-state index contributed by atoms with van der Waals surface area (Å²) in [6.45, 7) is 3.02. The molecule has 14 heavy (non-hydrogen) atoms. The third kappa shape index (κ3) is 3.48. The van der Waals surface area contributed by atoms with Crippen LogP contribution < -0.4 is 5.32 Å². The molecule has 84 valence electrons. The molecule has 0 aromatic rings. The minimum absolute atomic E-state index is 0.175. The second kappa shape index (κ2) is 4.09. The molecule has 0 radical (unpaired) electrons. The quantitative estimate of drug-likeness (QED) is 0.734. The van der Waals surface area contributed by atoms with Crippen LogP contribution >= 0.6 is 0 Å². The number of nitrogens with one attached hydrogen (secondary N) is 1. The molecule has 1 N–H and O–H groups in total. The van der Waals surface area contributed by atoms with E-state index in [0.717, 1.165) is 13.0 Å². The Morgan fingerprint density at radius 3 is 2.57 bits per heavy atom. The standard InChI is InChI=1S/C10H18F3N/c1-9(6-8(9)7-14-2)4-3-5-10(11,12)13/h8,14H,3-7H2,1-2H3. The fourth-order valence-electron chi connectivity index (χ4n) is 2.07. The molecule has 2 atom stereocenters. The van der Waals surface area contributed by atoms with Crippen molar-refractivity contribution < 1.29 is 13.2 Å². The Morgan fingerprint density at radius 1 is 1.43 bits per heavy atom. The average molecular weight is 209 g/mol. The topological polar surface area (TPSA) is 12.0 Å². The van der Waals surface area contributed by atoms with Gasteiger partial charge in [-0.3, -0.25) is 0 Å². The van der Waals surface area contributed by atoms with E-state index < -0.39 is 12.6 Å². The van der Waals surface area contributed by atoms with Gasteiger partial charge in [-0.05, 0) is 44.2 Å². The first-order valence-corrected chi connectivity index (χ1v) is 5.09. The van der Waals surface area contributed by atoms with Gasteiger partial charge in [-0.25, -0.2) is 0 Å². The number of alkyl halides is 3. The Labute approximate surface area is 83.1 Å². The molecule has 1 fully saturated rings. The summed E-state index contributed by atoms with van der Waals surface area (Å²) in [5.41, 5.74) is 0.175. The van der Waals surface area contributed by atoms with Crippen LogP contribution in [0, 0.1) is 11.3 Å². The van der Waals surface area contributed by atoms with Gasteiger partial charge in [0.25, 0.3) is 0 Å². The molecule has 4 heteroatoms. The second-order valence-corrected chi connectivity index (χ2v) is 4.58. The molecule has 0 amide bonds. The van der Waals surface area contributed by atoms with E-state index in [0.29, 0.717) is 12.3 Å². The number of halogens is 3. The van der Waals surface area contributed by atoms with Gasteiger partial charge in [-0.15, -0.1) is 0 Å². The second-order valence-electron chi connectivity index (χ2n) is 4.58. The Bertz CT molecular complexity index is 190. The molecule has 0 bridgehead atoms. The highest BCUT2D eigenvalue weighted by Gasteiger charge is 2.48. The lowest BCUT2D eigenvalue weighted by atomic mass is 9.98. The highest BCUT2D eigenvalue weighted by Crippen LogP contribution is 2.55. The third-order valence-electron chi connectivity index (χ3n) is 3.20. The van der Waals surface area contributed by atoms with Crippen molar-refractivity contribution in [3.8, 4) is 0 Å². The first kappa shape index (κ1) is 11.8. The van der Waals surface area contributed by atoms with Crippen molar-refractivity contribution in [3.63, 3.8) is 0 Å². The fraction of sp³-hybridized carbons (Fsp3) is 1.00. The summed E-state index contributed by atoms with van der Waals surface area (Å²) in [5, 5.41) is 3.07. The van der Waals surface area contributed by atoms with Gasteiger partial charge in [0, 0.05) is 6.42 Å². The molecule has 1 aliphatic carbocycles. The molecule has 1 saturated carbocycles. The largest absolute Gasteiger partial charge is 0.389 e. The van der Waals surface area contributed by atoms with Gasteiger partial charge in [0.1, 0.15) is 0 Å². The zero-order valence-electron chi connectivity index (χ0n) is 8.75. The van der Waals surface area contributed by atoms with Crippen LogP contribution in [0.2, 0.25) is 0 Å². The highest BCUT2D eigenvalue weighted by atomic mass is 19.4. The van der Waals surface area contributed by atoms with Crippen LogP contribution in [-0.2, 0) is 0 Å². The van der Waals surface area contributed by atoms with E-state index in [1.165, 1.54) is 0 Å². The molecule has 1 aliphatic rings. The van der Waals surface area contributed by atoms with Gasteiger partial charge in [0.05, 0.1) is 0 Å². The zero-order chi connectivity index (χ0) is 10.8. The molecule has 0 saturated heterocycles. The molecule has 0 aromatic heterocycles. The Balaban J connectivity index is 2.14. The lowest BCUT2D eigenvalue weighted by Gasteiger charge is -2.12. The maximum Gasteiger partial charge on any atom is 0.389 e. The third-order valence-corrected chi connectivity index (χ3v) is 3.20. The number of rotatable bonds is 5. The van der Waals surface area contributed by atoms with E-state index in [-0.39, 0.29) is 11.8 Å². The van der Waals surface area contributed by atoms with Crippen molar-refractivity contribution >= 4 is 0 Å². The molecule has 0 aromatic carbocycles. The van der Waals surface area contributed by atoms with Gasteiger partial charge < -0.3 is 5.32 Å². The summed E-state index contributed by atoms with van der Waals surface area (Å²) in [7, 11) is 1.88. The van der Waals surface area contributed by atoms with Gasteiger partial charge in [0.2, 0.25) is 0 Å². The minimum Gasteiger partial charge on any atom is -0.319 e. The van der Waals surface area contributed by atoms with E-state index in [4.69, 9.17) is 0 Å². The molecule has 1 nitrogen and oxygen atoms in total. The van der Waals surface area contributed by atoms with Crippen LogP contribution in [0.25, 0.3) is 0 Å². The zero-order valence-corrected chi connectivity index (χ0v) is 8.75. The van der Waals surface area contributed by atoms with E-state index >= 15 is 0 Å². The Morgan fingerprint density at radius 2 is 2.07 bits per heavy atom. The first-order valence-electron chi connectivity index (χ1n) is 5.09. The lowest BCUT2D eigenvalue weighted by Crippen LogP contribution is -2.14. The number of hydrogen-bond donors (Lipinski definition) is 1. The summed E-state index contributed by atoms with van der Waals surface area (Å²) in [4.78, 5) is 0. The predicted molar refractivity (Wildman–Crippen MR) is 50.0 cm³/mol. The smallest absolute Gasteiger partial charge is 0.319 e. The van der Waals surface area contributed by atoms with Crippen LogP contribution in [0.1, 0.15) is 32.6 Å². The normalized spacial score (nSPS) is 31.9. The van der Waals surface area contributed by atoms with Crippen LogP contribution in [-0.4, -0.2) is 19.8 Å². The van der Waals surface area contributed by atoms with Crippen LogP contribution in [0.15, 0.2) is 0 Å². The first-order chi connectivity index (χ1) is 6.37. The maximum atomic E-state index is 11.9. The van der Waals surface area contributed by atoms with Crippen molar-refractivity contribution in [1.29, 1.82) is 0 Å². The fourth-order valence-corrected chi connectivity index (χ4v) is 2.07. The molecular weight excluding hydrogens is 191 g/mol. The van der Waals surface area contributed by atoms with E-state index in [1.54, 1.807) is 0 Å². The van der Waals surface area contributed by atoms with Crippen molar-refractivity contribution in [1.82, 2.24) is 5.32 Å². The average Bonchev–Trinajstić information content (AvgIpc) is 2.59. The van der Waals surface area contributed by atoms with Crippen molar-refractivity contribution in [2.75, 3.05) is 13.6 Å². The van der Waals surface area contributed by atoms with Gasteiger partial charge in [-0.2, -0.15) is 13.2 Å². The monoisotopic (exact) mass is 209 g/mol.